The molecule has 6 rings (SSSR count). The Labute approximate surface area is 241 Å². The number of ether oxygens (including phenoxy) is 1. The van der Waals surface area contributed by atoms with Crippen LogP contribution in [0.25, 0.3) is 11.3 Å². The van der Waals surface area contributed by atoms with Crippen LogP contribution in [0, 0.1) is 6.92 Å². The fraction of sp³-hybridized carbons (Fsp3) is 0.333. The van der Waals surface area contributed by atoms with Gasteiger partial charge in [-0.1, -0.05) is 79.2 Å². The van der Waals surface area contributed by atoms with Crippen LogP contribution in [0.3, 0.4) is 0 Å². The van der Waals surface area contributed by atoms with Crippen molar-refractivity contribution in [3.63, 3.8) is 0 Å². The van der Waals surface area contributed by atoms with Gasteiger partial charge in [-0.3, -0.25) is 9.48 Å². The quantitative estimate of drug-likeness (QED) is 0.255. The first-order valence-corrected chi connectivity index (χ1v) is 16.1. The zero-order valence-electron chi connectivity index (χ0n) is 23.5. The van der Waals surface area contributed by atoms with E-state index in [4.69, 9.17) is 9.84 Å². The number of carbonyl (C=O) groups excluding carboxylic acids is 1. The second-order valence-electron chi connectivity index (χ2n) is 11.0. The van der Waals surface area contributed by atoms with Crippen molar-refractivity contribution >= 4 is 15.7 Å². The normalized spacial score (nSPS) is 19.5. The minimum absolute atomic E-state index is 0.000115. The van der Waals surface area contributed by atoms with Crippen LogP contribution in [0.5, 0.6) is 5.75 Å². The van der Waals surface area contributed by atoms with Crippen molar-refractivity contribution in [2.24, 2.45) is 0 Å². The average molecular weight is 570 g/mol. The molecule has 1 saturated heterocycles. The maximum absolute atomic E-state index is 14.3. The molecule has 3 heterocycles. The molecule has 7 nitrogen and oxygen atoms in total. The van der Waals surface area contributed by atoms with E-state index in [1.54, 1.807) is 4.68 Å². The topological polar surface area (TPSA) is 81.5 Å². The first-order chi connectivity index (χ1) is 19.8. The van der Waals surface area contributed by atoms with Gasteiger partial charge >= 0.3 is 0 Å². The summed E-state index contributed by atoms with van der Waals surface area (Å²) in [7, 11) is -3.18. The van der Waals surface area contributed by atoms with E-state index in [-0.39, 0.29) is 29.5 Å². The monoisotopic (exact) mass is 569 g/mol. The second kappa shape index (κ2) is 11.2. The van der Waals surface area contributed by atoms with E-state index < -0.39 is 9.84 Å². The van der Waals surface area contributed by atoms with Gasteiger partial charge in [0, 0.05) is 17.7 Å². The number of carbonyl (C=O) groups is 1. The Hall–Kier alpha value is -3.91. The van der Waals surface area contributed by atoms with Gasteiger partial charge in [0.15, 0.2) is 9.84 Å². The molecular formula is C33H35N3O4S. The van der Waals surface area contributed by atoms with E-state index in [1.165, 1.54) is 0 Å². The fourth-order valence-corrected chi connectivity index (χ4v) is 7.62. The lowest BCUT2D eigenvalue weighted by Crippen LogP contribution is -2.32. The van der Waals surface area contributed by atoms with Crippen molar-refractivity contribution in [3.8, 4) is 17.0 Å². The Morgan fingerprint density at radius 3 is 2.37 bits per heavy atom. The number of nitrogens with zero attached hydrogens (tertiary/aromatic N) is 3. The lowest BCUT2D eigenvalue weighted by atomic mass is 9.95. The molecule has 1 aromatic heterocycles. The third-order valence-corrected chi connectivity index (χ3v) is 9.78. The minimum atomic E-state index is -3.18. The molecule has 2 atom stereocenters. The number of amides is 1. The highest BCUT2D eigenvalue weighted by Gasteiger charge is 2.46. The summed E-state index contributed by atoms with van der Waals surface area (Å²) in [6, 6.07) is 25.6. The van der Waals surface area contributed by atoms with Crippen molar-refractivity contribution in [2.75, 3.05) is 24.7 Å². The van der Waals surface area contributed by atoms with Gasteiger partial charge in [0.25, 0.3) is 5.91 Å². The molecule has 3 aromatic carbocycles. The molecule has 0 spiro atoms. The molecule has 4 aromatic rings. The number of fused-ring (bicyclic) bond motifs is 1. The number of rotatable bonds is 9. The lowest BCUT2D eigenvalue weighted by Gasteiger charge is -2.27. The summed E-state index contributed by atoms with van der Waals surface area (Å²) in [6.45, 7) is 5.27. The van der Waals surface area contributed by atoms with Crippen LogP contribution < -0.4 is 4.74 Å². The third-order valence-electron chi connectivity index (χ3n) is 8.03. The predicted molar refractivity (Wildman–Crippen MR) is 160 cm³/mol. The highest BCUT2D eigenvalue weighted by molar-refractivity contribution is 7.91. The zero-order valence-corrected chi connectivity index (χ0v) is 24.3. The Balaban J connectivity index is 1.49. The highest BCUT2D eigenvalue weighted by atomic mass is 32.2. The number of benzene rings is 3. The summed E-state index contributed by atoms with van der Waals surface area (Å²) in [5.41, 5.74) is 6.26. The maximum atomic E-state index is 14.3. The minimum Gasteiger partial charge on any atom is -0.494 e. The van der Waals surface area contributed by atoms with Gasteiger partial charge in [0.1, 0.15) is 11.4 Å². The van der Waals surface area contributed by atoms with Crippen LogP contribution in [0.1, 0.15) is 64.6 Å². The molecule has 1 fully saturated rings. The summed E-state index contributed by atoms with van der Waals surface area (Å²) in [6.07, 6.45) is 2.08. The zero-order chi connectivity index (χ0) is 28.6. The Bertz CT molecular complexity index is 1650. The molecule has 0 aliphatic carbocycles. The second-order valence-corrected chi connectivity index (χ2v) is 13.3. The van der Waals surface area contributed by atoms with Crippen LogP contribution in [-0.2, 0) is 16.3 Å². The largest absolute Gasteiger partial charge is 0.494 e. The van der Waals surface area contributed by atoms with Crippen LogP contribution in [0.15, 0.2) is 78.9 Å². The smallest absolute Gasteiger partial charge is 0.273 e. The van der Waals surface area contributed by atoms with E-state index in [9.17, 15) is 13.2 Å². The highest BCUT2D eigenvalue weighted by Crippen LogP contribution is 2.45. The first-order valence-electron chi connectivity index (χ1n) is 14.3. The number of aromatic nitrogens is 2. The lowest BCUT2D eigenvalue weighted by molar-refractivity contribution is 0.0738. The van der Waals surface area contributed by atoms with E-state index in [2.05, 4.69) is 19.1 Å². The molecule has 212 valence electrons. The van der Waals surface area contributed by atoms with E-state index in [1.807, 2.05) is 78.6 Å². The van der Waals surface area contributed by atoms with Gasteiger partial charge in [-0.2, -0.15) is 5.10 Å². The number of hydrogen-bond donors (Lipinski definition) is 0. The number of hydrogen-bond acceptors (Lipinski definition) is 5. The van der Waals surface area contributed by atoms with Crippen molar-refractivity contribution in [3.05, 3.63) is 107 Å². The van der Waals surface area contributed by atoms with E-state index in [0.717, 1.165) is 45.7 Å². The third kappa shape index (κ3) is 5.40. The van der Waals surface area contributed by atoms with E-state index >= 15 is 0 Å². The standard InChI is InChI=1S/C33H35N3O4S/c1-3-20-40-28-15-13-26(14-16-28)31-29-30(25-11-9-23(2)10-12-25)34-36(27-18-21-41(38,39)22-27)32(29)33(37)35(31)19-17-24-7-5-4-6-8-24/h4-16,27,31H,3,17-22H2,1-2H3/t27-,31-/m0/s1. The van der Waals surface area contributed by atoms with Crippen LogP contribution in [0.4, 0.5) is 0 Å². The molecule has 41 heavy (non-hydrogen) atoms. The van der Waals surface area contributed by atoms with Gasteiger partial charge in [-0.05, 0) is 49.4 Å². The van der Waals surface area contributed by atoms with Gasteiger partial charge in [-0.15, -0.1) is 0 Å². The molecule has 1 amide bonds. The van der Waals surface area contributed by atoms with Crippen molar-refractivity contribution < 1.29 is 17.9 Å². The maximum Gasteiger partial charge on any atom is 0.273 e. The van der Waals surface area contributed by atoms with Crippen molar-refractivity contribution in [2.45, 2.75) is 45.2 Å². The van der Waals surface area contributed by atoms with Crippen molar-refractivity contribution in [1.82, 2.24) is 14.7 Å². The molecular weight excluding hydrogens is 534 g/mol. The van der Waals surface area contributed by atoms with Crippen molar-refractivity contribution in [1.29, 1.82) is 0 Å². The molecule has 8 heteroatoms. The molecule has 0 bridgehead atoms. The number of aryl methyl sites for hydroxylation is 1. The SMILES string of the molecule is CCCOc1ccc([C@H]2c3c(-c4ccc(C)cc4)nn([C@H]4CCS(=O)(=O)C4)c3C(=O)N2CCc2ccccc2)cc1. The summed E-state index contributed by atoms with van der Waals surface area (Å²) in [4.78, 5) is 16.3. The predicted octanol–water partition coefficient (Wildman–Crippen LogP) is 5.79. The molecule has 0 radical (unpaired) electrons. The van der Waals surface area contributed by atoms with Gasteiger partial charge in [-0.25, -0.2) is 8.42 Å². The first kappa shape index (κ1) is 27.3. The summed E-state index contributed by atoms with van der Waals surface area (Å²) >= 11 is 0. The summed E-state index contributed by atoms with van der Waals surface area (Å²) < 4.78 is 32.5. The fourth-order valence-electron chi connectivity index (χ4n) is 5.92. The number of sulfone groups is 1. The van der Waals surface area contributed by atoms with Crippen LogP contribution >= 0.6 is 0 Å². The van der Waals surface area contributed by atoms with Crippen LogP contribution in [-0.4, -0.2) is 53.7 Å². The Morgan fingerprint density at radius 2 is 1.71 bits per heavy atom. The summed E-state index contributed by atoms with van der Waals surface area (Å²) in [5.74, 6) is 0.796. The van der Waals surface area contributed by atoms with Gasteiger partial charge < -0.3 is 9.64 Å². The molecule has 0 N–H and O–H groups in total. The van der Waals surface area contributed by atoms with E-state index in [0.29, 0.717) is 31.7 Å². The summed E-state index contributed by atoms with van der Waals surface area (Å²) in [5, 5.41) is 5.00. The average Bonchev–Trinajstić information content (AvgIpc) is 3.63. The molecule has 2 aliphatic heterocycles. The molecule has 0 saturated carbocycles. The van der Waals surface area contributed by atoms with Gasteiger partial charge in [0.05, 0.1) is 35.9 Å². The van der Waals surface area contributed by atoms with Crippen LogP contribution in [0.2, 0.25) is 0 Å². The Morgan fingerprint density at radius 1 is 0.976 bits per heavy atom. The molecule has 0 unspecified atom stereocenters. The molecule has 2 aliphatic rings. The Kier molecular flexibility index (Phi) is 7.43. The van der Waals surface area contributed by atoms with Gasteiger partial charge in [0.2, 0.25) is 0 Å².